The Hall–Kier alpha value is -1.52. The lowest BCUT2D eigenvalue weighted by molar-refractivity contribution is 0.0952. The van der Waals surface area contributed by atoms with Crippen molar-refractivity contribution >= 4 is 39.1 Å². The van der Waals surface area contributed by atoms with E-state index >= 15 is 0 Å². The Kier molecular flexibility index (Phi) is 4.45. The molecule has 0 bridgehead atoms. The summed E-state index contributed by atoms with van der Waals surface area (Å²) in [6.45, 7) is 0.420. The smallest absolute Gasteiger partial charge is 0.255 e. The van der Waals surface area contributed by atoms with Crippen molar-refractivity contribution in [2.45, 2.75) is 6.54 Å². The molecule has 2 rings (SSSR count). The van der Waals surface area contributed by atoms with Crippen molar-refractivity contribution in [2.24, 2.45) is 0 Å². The third-order valence-electron chi connectivity index (χ3n) is 2.61. The monoisotopic (exact) mass is 338 g/mol. The van der Waals surface area contributed by atoms with Crippen molar-refractivity contribution in [1.82, 2.24) is 5.32 Å². The van der Waals surface area contributed by atoms with Gasteiger partial charge in [0.1, 0.15) is 0 Å². The fourth-order valence-corrected chi connectivity index (χ4v) is 2.41. The summed E-state index contributed by atoms with van der Waals surface area (Å²) >= 11 is 9.37. The van der Waals surface area contributed by atoms with Crippen LogP contribution in [0.2, 0.25) is 5.02 Å². The zero-order chi connectivity index (χ0) is 13.8. The fraction of sp³-hybridized carbons (Fsp3) is 0.0714. The maximum absolute atomic E-state index is 12.1. The van der Waals surface area contributed by atoms with Gasteiger partial charge in [0, 0.05) is 16.7 Å². The van der Waals surface area contributed by atoms with E-state index in [9.17, 15) is 4.79 Å². The minimum atomic E-state index is -0.275. The summed E-state index contributed by atoms with van der Waals surface area (Å²) in [6.07, 6.45) is 0. The molecule has 0 aliphatic heterocycles. The highest BCUT2D eigenvalue weighted by atomic mass is 79.9. The van der Waals surface area contributed by atoms with Crippen molar-refractivity contribution in [1.29, 1.82) is 0 Å². The van der Waals surface area contributed by atoms with Crippen molar-refractivity contribution < 1.29 is 4.79 Å². The molecule has 0 aliphatic rings. The number of carbonyl (C=O) groups excluding carboxylic acids is 1. The molecule has 19 heavy (non-hydrogen) atoms. The minimum Gasteiger partial charge on any atom is -0.398 e. The normalized spacial score (nSPS) is 10.2. The maximum atomic E-state index is 12.1. The fourth-order valence-electron chi connectivity index (χ4n) is 1.70. The predicted molar refractivity (Wildman–Crippen MR) is 81.2 cm³/mol. The zero-order valence-electron chi connectivity index (χ0n) is 9.99. The maximum Gasteiger partial charge on any atom is 0.255 e. The Morgan fingerprint density at radius 2 is 2.00 bits per heavy atom. The first-order valence-corrected chi connectivity index (χ1v) is 6.81. The third-order valence-corrected chi connectivity index (χ3v) is 3.42. The zero-order valence-corrected chi connectivity index (χ0v) is 12.3. The molecule has 0 fully saturated rings. The SMILES string of the molecule is Nc1cccc(Cl)c1C(=O)NCc1cccc(Br)c1. The lowest BCUT2D eigenvalue weighted by Crippen LogP contribution is -2.24. The average molecular weight is 340 g/mol. The highest BCUT2D eigenvalue weighted by Gasteiger charge is 2.13. The number of halogens is 2. The van der Waals surface area contributed by atoms with Gasteiger partial charge < -0.3 is 11.1 Å². The van der Waals surface area contributed by atoms with Gasteiger partial charge in [-0.25, -0.2) is 0 Å². The number of nitrogens with one attached hydrogen (secondary N) is 1. The standard InChI is InChI=1S/C14H12BrClN2O/c15-10-4-1-3-9(7-10)8-18-14(19)13-11(16)5-2-6-12(13)17/h1-7H,8,17H2,(H,18,19). The van der Waals surface area contributed by atoms with Gasteiger partial charge in [-0.15, -0.1) is 0 Å². The van der Waals surface area contributed by atoms with Crippen LogP contribution in [0.5, 0.6) is 0 Å². The van der Waals surface area contributed by atoms with E-state index < -0.39 is 0 Å². The molecule has 0 aliphatic carbocycles. The minimum absolute atomic E-state index is 0.275. The Morgan fingerprint density at radius 3 is 2.68 bits per heavy atom. The highest BCUT2D eigenvalue weighted by Crippen LogP contribution is 2.21. The number of anilines is 1. The molecular weight excluding hydrogens is 328 g/mol. The van der Waals surface area contributed by atoms with Crippen LogP contribution in [0.4, 0.5) is 5.69 Å². The first-order valence-electron chi connectivity index (χ1n) is 5.64. The molecule has 3 nitrogen and oxygen atoms in total. The average Bonchev–Trinajstić information content (AvgIpc) is 2.36. The summed E-state index contributed by atoms with van der Waals surface area (Å²) in [5.41, 5.74) is 7.45. The molecule has 0 saturated carbocycles. The van der Waals surface area contributed by atoms with E-state index in [2.05, 4.69) is 21.2 Å². The van der Waals surface area contributed by atoms with Gasteiger partial charge in [0.25, 0.3) is 5.91 Å². The lowest BCUT2D eigenvalue weighted by Gasteiger charge is -2.09. The van der Waals surface area contributed by atoms with Crippen LogP contribution in [0.3, 0.4) is 0 Å². The van der Waals surface area contributed by atoms with Crippen LogP contribution in [0.15, 0.2) is 46.9 Å². The van der Waals surface area contributed by atoms with E-state index in [0.717, 1.165) is 10.0 Å². The first kappa shape index (κ1) is 13.9. The molecule has 0 spiro atoms. The van der Waals surface area contributed by atoms with Gasteiger partial charge in [-0.1, -0.05) is 45.7 Å². The number of carbonyl (C=O) groups is 1. The van der Waals surface area contributed by atoms with Crippen LogP contribution in [0.25, 0.3) is 0 Å². The Labute approximate surface area is 124 Å². The second-order valence-electron chi connectivity index (χ2n) is 4.02. The molecule has 2 aromatic carbocycles. The molecule has 0 heterocycles. The number of hydrogen-bond acceptors (Lipinski definition) is 2. The quantitative estimate of drug-likeness (QED) is 0.839. The molecule has 0 radical (unpaired) electrons. The largest absolute Gasteiger partial charge is 0.398 e. The molecule has 0 unspecified atom stereocenters. The van der Waals surface area contributed by atoms with Crippen molar-refractivity contribution in [3.8, 4) is 0 Å². The number of nitrogens with two attached hydrogens (primary N) is 1. The second-order valence-corrected chi connectivity index (χ2v) is 5.34. The molecule has 2 aromatic rings. The van der Waals surface area contributed by atoms with Crippen LogP contribution in [0.1, 0.15) is 15.9 Å². The number of amides is 1. The van der Waals surface area contributed by atoms with E-state index in [1.807, 2.05) is 24.3 Å². The van der Waals surface area contributed by atoms with Crippen molar-refractivity contribution in [3.63, 3.8) is 0 Å². The van der Waals surface area contributed by atoms with Gasteiger partial charge in [-0.3, -0.25) is 4.79 Å². The second kappa shape index (κ2) is 6.08. The number of benzene rings is 2. The van der Waals surface area contributed by atoms with E-state index in [1.54, 1.807) is 18.2 Å². The number of hydrogen-bond donors (Lipinski definition) is 2. The van der Waals surface area contributed by atoms with Gasteiger partial charge in [0.2, 0.25) is 0 Å². The molecule has 5 heteroatoms. The van der Waals surface area contributed by atoms with E-state index in [4.69, 9.17) is 17.3 Å². The van der Waals surface area contributed by atoms with E-state index in [-0.39, 0.29) is 5.91 Å². The first-order chi connectivity index (χ1) is 9.08. The summed E-state index contributed by atoms with van der Waals surface area (Å²) in [5, 5.41) is 3.15. The van der Waals surface area contributed by atoms with Crippen LogP contribution < -0.4 is 11.1 Å². The molecule has 0 aromatic heterocycles. The number of nitrogen functional groups attached to an aromatic ring is 1. The summed E-state index contributed by atoms with van der Waals surface area (Å²) in [6, 6.07) is 12.7. The molecule has 3 N–H and O–H groups in total. The molecule has 1 amide bonds. The van der Waals surface area contributed by atoms with Crippen LogP contribution >= 0.6 is 27.5 Å². The van der Waals surface area contributed by atoms with Gasteiger partial charge in [0.15, 0.2) is 0 Å². The summed E-state index contributed by atoms with van der Waals surface area (Å²) in [5.74, 6) is -0.275. The summed E-state index contributed by atoms with van der Waals surface area (Å²) in [4.78, 5) is 12.1. The topological polar surface area (TPSA) is 55.1 Å². The van der Waals surface area contributed by atoms with Crippen LogP contribution in [-0.4, -0.2) is 5.91 Å². The number of rotatable bonds is 3. The Bertz CT molecular complexity index is 596. The van der Waals surface area contributed by atoms with Gasteiger partial charge in [0.05, 0.1) is 10.6 Å². The van der Waals surface area contributed by atoms with Gasteiger partial charge >= 0.3 is 0 Å². The third kappa shape index (κ3) is 3.49. The predicted octanol–water partition coefficient (Wildman–Crippen LogP) is 3.61. The van der Waals surface area contributed by atoms with Crippen molar-refractivity contribution in [3.05, 3.63) is 63.1 Å². The molecule has 98 valence electrons. The lowest BCUT2D eigenvalue weighted by atomic mass is 10.1. The molecule has 0 atom stereocenters. The van der Waals surface area contributed by atoms with Gasteiger partial charge in [-0.2, -0.15) is 0 Å². The molecular formula is C14H12BrClN2O. The van der Waals surface area contributed by atoms with E-state index in [1.165, 1.54) is 0 Å². The Balaban J connectivity index is 2.10. The summed E-state index contributed by atoms with van der Waals surface area (Å²) < 4.78 is 0.969. The molecule has 0 saturated heterocycles. The summed E-state index contributed by atoms with van der Waals surface area (Å²) in [7, 11) is 0. The highest BCUT2D eigenvalue weighted by molar-refractivity contribution is 9.10. The van der Waals surface area contributed by atoms with Crippen molar-refractivity contribution in [2.75, 3.05) is 5.73 Å². The van der Waals surface area contributed by atoms with Gasteiger partial charge in [-0.05, 0) is 29.8 Å². The van der Waals surface area contributed by atoms with Crippen LogP contribution in [-0.2, 0) is 6.54 Å². The van der Waals surface area contributed by atoms with Crippen LogP contribution in [0, 0.1) is 0 Å². The Morgan fingerprint density at radius 1 is 1.26 bits per heavy atom. The van der Waals surface area contributed by atoms with E-state index in [0.29, 0.717) is 22.8 Å².